The predicted molar refractivity (Wildman–Crippen MR) is 486 cm³/mol. The number of phenolic OH excluding ortho intramolecular Hbond substituents is 1. The van der Waals surface area contributed by atoms with Crippen molar-refractivity contribution < 1.29 is 112 Å². The summed E-state index contributed by atoms with van der Waals surface area (Å²) >= 11 is 0. The van der Waals surface area contributed by atoms with Crippen molar-refractivity contribution in [3.63, 3.8) is 0 Å². The Bertz CT molecular complexity index is 5510. The number of benzene rings is 3. The van der Waals surface area contributed by atoms with E-state index >= 15 is 0 Å². The third-order valence-corrected chi connectivity index (χ3v) is 31.6. The van der Waals surface area contributed by atoms with Crippen molar-refractivity contribution in [2.75, 3.05) is 66.5 Å². The minimum atomic E-state index is -1.10. The molecular formula is C98H125N15O23. The molecule has 15 aliphatic rings. The Balaban J connectivity index is 0.000000126. The summed E-state index contributed by atoms with van der Waals surface area (Å²) in [6.45, 7) is 9.21. The molecule has 21 rings (SSSR count). The summed E-state index contributed by atoms with van der Waals surface area (Å²) in [6, 6.07) is 8.20. The zero-order valence-electron chi connectivity index (χ0n) is 77.3. The molecule has 7 unspecified atom stereocenters. The van der Waals surface area contributed by atoms with Crippen LogP contribution in [0.3, 0.4) is 0 Å². The number of hydrogen-bond acceptors (Lipinski definition) is 30. The molecule has 136 heavy (non-hydrogen) atoms. The zero-order valence-corrected chi connectivity index (χ0v) is 77.3. The first-order chi connectivity index (χ1) is 65.3. The van der Waals surface area contributed by atoms with Crippen molar-refractivity contribution in [1.82, 2.24) is 69.9 Å². The van der Waals surface area contributed by atoms with Gasteiger partial charge in [0, 0.05) is 130 Å². The molecule has 3 saturated heterocycles. The van der Waals surface area contributed by atoms with Gasteiger partial charge in [-0.3, -0.25) is 67.0 Å². The topological polar surface area (TPSA) is 522 Å². The van der Waals surface area contributed by atoms with Crippen LogP contribution in [0.15, 0.2) is 92.6 Å². The Hall–Kier alpha value is -11.2. The van der Waals surface area contributed by atoms with E-state index in [0.717, 1.165) is 110 Å². The molecule has 16 atom stereocenters. The molecular weight excluding hydrogens is 1760 g/mol. The number of nitrogens with one attached hydrogen (secondary N) is 5. The molecule has 6 bridgehead atoms. The fourth-order valence-corrected chi connectivity index (χ4v) is 24.3. The lowest BCUT2D eigenvalue weighted by Crippen LogP contribution is -2.76. The molecule has 0 radical (unpaired) electrons. The smallest absolute Gasteiger partial charge is 0.424 e. The van der Waals surface area contributed by atoms with Gasteiger partial charge in [-0.1, -0.05) is 18.2 Å². The molecule has 730 valence electrons. The number of carbonyl (C=O) groups excluding carboxylic acids is 10. The number of aliphatic hydroxyl groups is 3. The summed E-state index contributed by atoms with van der Waals surface area (Å²) in [4.78, 5) is 164. The van der Waals surface area contributed by atoms with Gasteiger partial charge in [-0.25, -0.2) is 33.9 Å². The number of rotatable bonds is 31. The summed E-state index contributed by atoms with van der Waals surface area (Å²) in [5, 5.41) is 78.2. The minimum absolute atomic E-state index is 0.0196. The van der Waals surface area contributed by atoms with Crippen molar-refractivity contribution >= 4 is 70.9 Å². The molecule has 6 saturated carbocycles. The van der Waals surface area contributed by atoms with Crippen LogP contribution in [0.4, 0.5) is 14.4 Å². The lowest BCUT2D eigenvalue weighted by Gasteiger charge is -2.62. The largest absolute Gasteiger partial charge is 0.504 e. The number of unbranched alkanes of at least 4 members (excludes halogenated alkanes) is 2. The Kier molecular flexibility index (Phi) is 27.9. The van der Waals surface area contributed by atoms with E-state index in [2.05, 4.69) is 56.2 Å². The number of imidazole rings is 3. The van der Waals surface area contributed by atoms with E-state index in [4.69, 9.17) is 39.6 Å². The van der Waals surface area contributed by atoms with Crippen LogP contribution in [-0.4, -0.2) is 289 Å². The predicted octanol–water partition coefficient (Wildman–Crippen LogP) is 5.43. The van der Waals surface area contributed by atoms with E-state index in [1.165, 1.54) is 97.4 Å². The lowest BCUT2D eigenvalue weighted by atomic mass is 9.49. The van der Waals surface area contributed by atoms with Crippen LogP contribution in [0.2, 0.25) is 0 Å². The standard InChI is InChI=1S/C34H46N4O9.C24H25N3O5.C20H23NO4.C13H25N3O4.C7H6N4O/c1-19(39)22(37-31(43)23(35-2)9-11-27(41)42)5-3-4-15-36-32(44)46-25-10-8-21-17-26-34(45)13-12-24(40)30-33(34,28(21)29(25)47-30)14-16-38(26)18-20-6-7-20;28-16-5-6-24(30)18-11-15-3-4-17(31-22(29)27-10-8-25-13-27)20-19(15)23(24,21(16)32-20)7-9-26(18)12-14-1-2-14;22-13-4-3-12-9-15-20(24)6-5-14(23)18-19(20,16(12)17(13)25-18)7-8-21(15)10-11-1-2-11;1-9(17)10(5-3-4-8-14)16-13(20)11(15-2)6-7-12(18)19;12-7(10-3-1-8-5-10)11-4-2-9-6-11/h8,10,20,22-23,26,30,35,45H,3-7,9,11-18H2,1-2H3,(H,36,44)(H,37,43)(H,41,42);3-4,8,10,13-14,18,21,30H,1-2,5-7,9,11-12H2;3-4,11,15,18,22,24H,1-2,5-10H2;10-11,15H,3-8,14H2,1-2H3,(H,16,20)(H,18,19);1-6H/t22?,23?,26-,30?,33+,34-;18-,21?,23+,24-;15-,18?,19+,20-;;/m111../s1. The van der Waals surface area contributed by atoms with Crippen molar-refractivity contribution in [3.05, 3.63) is 126 Å². The molecule has 9 heterocycles. The highest BCUT2D eigenvalue weighted by Crippen LogP contribution is 2.69. The van der Waals surface area contributed by atoms with Crippen LogP contribution < -0.4 is 56.0 Å². The van der Waals surface area contributed by atoms with E-state index < -0.39 is 106 Å². The third kappa shape index (κ3) is 18.0. The number of phenols is 1. The van der Waals surface area contributed by atoms with Gasteiger partial charge >= 0.3 is 30.2 Å². The van der Waals surface area contributed by atoms with Gasteiger partial charge in [0.1, 0.15) is 19.0 Å². The summed E-state index contributed by atoms with van der Waals surface area (Å²) in [7, 11) is 3.15. The number of amides is 3. The molecule has 6 aliphatic heterocycles. The number of nitrogens with zero attached hydrogens (tertiary/aromatic N) is 9. The highest BCUT2D eigenvalue weighted by atomic mass is 16.6. The van der Waals surface area contributed by atoms with E-state index in [0.29, 0.717) is 119 Å². The van der Waals surface area contributed by atoms with Gasteiger partial charge < -0.3 is 86.6 Å². The number of likely N-dealkylation sites (N-methyl/N-ethyl adjacent to an activating group) is 2. The van der Waals surface area contributed by atoms with E-state index in [1.54, 1.807) is 57.1 Å². The van der Waals surface area contributed by atoms with Gasteiger partial charge in [-0.15, -0.1) is 0 Å². The Morgan fingerprint density at radius 1 is 0.485 bits per heavy atom. The maximum atomic E-state index is 13.3. The number of piperidine rings is 3. The summed E-state index contributed by atoms with van der Waals surface area (Å²) < 4.78 is 34.1. The van der Waals surface area contributed by atoms with Crippen molar-refractivity contribution in [3.8, 4) is 34.5 Å². The number of aromatic nitrogens is 6. The number of hydrogen-bond donors (Lipinski definition) is 12. The first-order valence-corrected chi connectivity index (χ1v) is 48.3. The van der Waals surface area contributed by atoms with E-state index in [-0.39, 0.29) is 109 Å². The number of aliphatic carboxylic acids is 2. The SMILES string of the molecule is CNC(CCC(=O)O)C(=O)NC(CCCCN)C(C)=O.CNC(CCC(=O)O)C(=O)NC(CCCCNC(=O)Oc1ccc2c3c1OC1C(=O)CC[C@@]4(O)[C@@H](C2)N(CC2CC2)CC[C@]314)C(C)=O.O=C(n1ccnc1)n1ccnc1.O=C1CC[C@@]2(O)[C@H]3Cc4ccc(O)c5c4[C@@]2(CCN3CC2CC2)C1O5.O=C1CC[C@@]2(O)[C@H]3Cc4ccc(OC(=O)n5ccnc5)c5c4[C@@]2(CCN3CC2CC2)C1O5. The summed E-state index contributed by atoms with van der Waals surface area (Å²) in [5.74, 6) is 1.09. The highest BCUT2D eigenvalue weighted by Gasteiger charge is 2.77. The van der Waals surface area contributed by atoms with Crippen molar-refractivity contribution in [2.24, 2.45) is 23.5 Å². The second-order valence-electron chi connectivity index (χ2n) is 39.7. The van der Waals surface area contributed by atoms with Crippen LogP contribution >= 0.6 is 0 Å². The monoisotopic (exact) mass is 1880 g/mol. The van der Waals surface area contributed by atoms with Gasteiger partial charge in [0.15, 0.2) is 81.7 Å². The summed E-state index contributed by atoms with van der Waals surface area (Å²) in [5.41, 5.74) is 5.95. The van der Waals surface area contributed by atoms with Crippen LogP contribution in [0.1, 0.15) is 208 Å². The third-order valence-electron chi connectivity index (χ3n) is 31.6. The number of aromatic hydroxyl groups is 1. The average molecular weight is 1880 g/mol. The number of ether oxygens (including phenoxy) is 5. The Morgan fingerprint density at radius 2 is 0.860 bits per heavy atom. The lowest BCUT2D eigenvalue weighted by molar-refractivity contribution is -0.188. The minimum Gasteiger partial charge on any atom is -0.504 e. The summed E-state index contributed by atoms with van der Waals surface area (Å²) in [6.07, 6.45) is 27.7. The molecule has 3 spiro atoms. The number of likely N-dealkylation sites (tertiary alicyclic amines) is 3. The van der Waals surface area contributed by atoms with Crippen LogP contribution in [0, 0.1) is 17.8 Å². The number of carbonyl (C=O) groups is 12. The molecule has 3 aromatic heterocycles. The number of ketones is 5. The fraction of sp³-hybridized carbons (Fsp3) is 0.602. The van der Waals surface area contributed by atoms with Crippen molar-refractivity contribution in [2.45, 2.75) is 287 Å². The van der Waals surface area contributed by atoms with Gasteiger partial charge in [-0.2, -0.15) is 0 Å². The number of carboxylic acid groups (broad SMARTS) is 2. The van der Waals surface area contributed by atoms with Gasteiger partial charge in [0.25, 0.3) is 0 Å². The molecule has 6 aromatic rings. The van der Waals surface area contributed by atoms with Gasteiger partial charge in [-0.05, 0) is 254 Å². The quantitative estimate of drug-likeness (QED) is 0.0241. The number of Topliss-reactive ketones (excluding diaryl/α,β-unsaturated/α-hetero) is 5. The maximum Gasteiger partial charge on any atom is 0.424 e. The fourth-order valence-electron chi connectivity index (χ4n) is 24.3. The normalized spacial score (nSPS) is 28.5. The second kappa shape index (κ2) is 39.3. The van der Waals surface area contributed by atoms with Crippen LogP contribution in [0.25, 0.3) is 0 Å². The Morgan fingerprint density at radius 3 is 1.23 bits per heavy atom. The first kappa shape index (κ1) is 96.5. The van der Waals surface area contributed by atoms with Crippen LogP contribution in [0.5, 0.6) is 34.5 Å². The first-order valence-electron chi connectivity index (χ1n) is 48.3. The van der Waals surface area contributed by atoms with Crippen LogP contribution in [-0.2, 0) is 78.7 Å². The molecule has 3 aromatic carbocycles. The molecule has 3 amide bonds. The van der Waals surface area contributed by atoms with Gasteiger partial charge in [0.05, 0.1) is 57.2 Å². The Labute approximate surface area is 786 Å². The maximum absolute atomic E-state index is 13.3. The molecule has 13 N–H and O–H groups in total. The molecule has 9 fully saturated rings. The number of carboxylic acids is 2. The molecule has 38 heteroatoms. The van der Waals surface area contributed by atoms with E-state index in [9.17, 15) is 78.0 Å². The second-order valence-corrected chi connectivity index (χ2v) is 39.7. The molecule has 38 nitrogen and oxygen atoms in total. The van der Waals surface area contributed by atoms with E-state index in [1.807, 2.05) is 18.2 Å². The van der Waals surface area contributed by atoms with Crippen molar-refractivity contribution in [1.29, 1.82) is 0 Å². The molecule has 9 aliphatic carbocycles. The zero-order chi connectivity index (χ0) is 96.1. The number of nitrogens with two attached hydrogens (primary N) is 1. The van der Waals surface area contributed by atoms with Gasteiger partial charge in [0.2, 0.25) is 11.8 Å². The average Bonchev–Trinajstić information content (AvgIpc) is 1.41. The highest BCUT2D eigenvalue weighted by molar-refractivity contribution is 5.94.